The molecule has 1 fully saturated rings. The smallest absolute Gasteiger partial charge is 0.410 e. The highest BCUT2D eigenvalue weighted by atomic mass is 32.2. The normalized spacial score (nSPS) is 20.1. The maximum absolute atomic E-state index is 12.9. The van der Waals surface area contributed by atoms with Gasteiger partial charge in [0, 0.05) is 19.1 Å². The number of rotatable bonds is 7. The van der Waals surface area contributed by atoms with E-state index in [1.807, 2.05) is 46.4 Å². The third-order valence-electron chi connectivity index (χ3n) is 6.52. The molecular weight excluding hydrogens is 440 g/mol. The van der Waals surface area contributed by atoms with E-state index in [4.69, 9.17) is 9.16 Å². The van der Waals surface area contributed by atoms with Gasteiger partial charge in [-0.2, -0.15) is 0 Å². The summed E-state index contributed by atoms with van der Waals surface area (Å²) in [6.45, 7) is 26.4. The summed E-state index contributed by atoms with van der Waals surface area (Å²) in [6, 6.07) is 0.00209. The van der Waals surface area contributed by atoms with E-state index in [1.165, 1.54) is 0 Å². The van der Waals surface area contributed by atoms with Crippen molar-refractivity contribution in [2.24, 2.45) is 5.92 Å². The molecule has 0 radical (unpaired) electrons. The summed E-state index contributed by atoms with van der Waals surface area (Å²) in [7, 11) is -3.12. The van der Waals surface area contributed by atoms with Gasteiger partial charge in [0.1, 0.15) is 5.60 Å². The van der Waals surface area contributed by atoms with Crippen molar-refractivity contribution in [3.63, 3.8) is 0 Å². The third kappa shape index (κ3) is 9.43. The molecule has 6 nitrogen and oxygen atoms in total. The van der Waals surface area contributed by atoms with Gasteiger partial charge in [-0.05, 0) is 91.8 Å². The first kappa shape index (κ1) is 29.6. The van der Waals surface area contributed by atoms with E-state index in [0.29, 0.717) is 19.0 Å². The second kappa shape index (κ2) is 10.9. The van der Waals surface area contributed by atoms with Crippen LogP contribution in [0.25, 0.3) is 0 Å². The number of nitrogens with zero attached hydrogens (tertiary/aromatic N) is 1. The largest absolute Gasteiger partial charge is 0.444 e. The van der Waals surface area contributed by atoms with Crippen molar-refractivity contribution in [2.45, 2.75) is 129 Å². The van der Waals surface area contributed by atoms with Crippen molar-refractivity contribution in [3.8, 4) is 0 Å². The molecule has 3 atom stereocenters. The van der Waals surface area contributed by atoms with Gasteiger partial charge in [-0.15, -0.1) is 0 Å². The first-order valence-corrected chi connectivity index (χ1v) is 16.1. The molecule has 0 spiro atoms. The molecule has 1 heterocycles. The highest BCUT2D eigenvalue weighted by Gasteiger charge is 2.41. The summed E-state index contributed by atoms with van der Waals surface area (Å²) >= 11 is 0. The number of hydrogen-bond donors (Lipinski definition) is 1. The van der Waals surface area contributed by atoms with E-state index in [9.17, 15) is 9.00 Å². The van der Waals surface area contributed by atoms with Gasteiger partial charge in [0.05, 0.1) is 21.8 Å². The van der Waals surface area contributed by atoms with Crippen LogP contribution in [0, 0.1) is 5.92 Å². The number of carbonyl (C=O) groups excluding carboxylic acids is 1. The summed E-state index contributed by atoms with van der Waals surface area (Å²) in [5.41, 5.74) is -0.476. The molecule has 8 heteroatoms. The van der Waals surface area contributed by atoms with E-state index >= 15 is 0 Å². The van der Waals surface area contributed by atoms with Crippen LogP contribution >= 0.6 is 0 Å². The molecule has 0 bridgehead atoms. The number of amides is 1. The average molecular weight is 491 g/mol. The number of likely N-dealkylation sites (tertiary alicyclic amines) is 1. The Hall–Kier alpha value is -0.443. The van der Waals surface area contributed by atoms with Crippen LogP contribution in [0.2, 0.25) is 18.1 Å². The molecular formula is C24H50N2O4SSi. The fraction of sp³-hybridized carbons (Fsp3) is 0.958. The van der Waals surface area contributed by atoms with Gasteiger partial charge in [-0.3, -0.25) is 0 Å². The minimum Gasteiger partial charge on any atom is -0.444 e. The number of ether oxygens (including phenoxy) is 1. The zero-order chi connectivity index (χ0) is 25.1. The third-order valence-corrected chi connectivity index (χ3v) is 12.7. The van der Waals surface area contributed by atoms with Crippen LogP contribution in [0.15, 0.2) is 0 Å². The summed E-state index contributed by atoms with van der Waals surface area (Å²) in [5, 5.41) is 0.119. The van der Waals surface area contributed by atoms with Crippen LogP contribution < -0.4 is 4.72 Å². The van der Waals surface area contributed by atoms with Gasteiger partial charge >= 0.3 is 6.09 Å². The van der Waals surface area contributed by atoms with Crippen LogP contribution in [0.4, 0.5) is 4.79 Å². The lowest BCUT2D eigenvalue weighted by Gasteiger charge is -2.42. The Balaban J connectivity index is 2.85. The lowest BCUT2D eigenvalue weighted by Crippen LogP contribution is -2.52. The molecule has 1 saturated heterocycles. The Morgan fingerprint density at radius 3 is 1.97 bits per heavy atom. The van der Waals surface area contributed by atoms with Crippen molar-refractivity contribution in [2.75, 3.05) is 13.1 Å². The van der Waals surface area contributed by atoms with Gasteiger partial charge in [0.15, 0.2) is 8.32 Å². The van der Waals surface area contributed by atoms with E-state index < -0.39 is 24.9 Å². The molecule has 190 valence electrons. The molecule has 1 amide bonds. The molecule has 0 saturated carbocycles. The summed E-state index contributed by atoms with van der Waals surface area (Å²) in [6.07, 6.45) is 2.47. The van der Waals surface area contributed by atoms with Crippen LogP contribution in [0.5, 0.6) is 0 Å². The minimum absolute atomic E-state index is 0.00209. The van der Waals surface area contributed by atoms with E-state index in [-0.39, 0.29) is 28.0 Å². The number of piperidine rings is 1. The van der Waals surface area contributed by atoms with Gasteiger partial charge in [0.25, 0.3) is 0 Å². The zero-order valence-corrected chi connectivity index (χ0v) is 24.6. The van der Waals surface area contributed by atoms with Crippen molar-refractivity contribution in [1.82, 2.24) is 9.62 Å². The number of hydrogen-bond acceptors (Lipinski definition) is 4. The average Bonchev–Trinajstić information content (AvgIpc) is 2.57. The minimum atomic E-state index is -1.95. The molecule has 1 N–H and O–H groups in total. The van der Waals surface area contributed by atoms with Crippen LogP contribution in [0.3, 0.4) is 0 Å². The Labute approximate surface area is 201 Å². The molecule has 0 aliphatic carbocycles. The summed E-state index contributed by atoms with van der Waals surface area (Å²) < 4.78 is 28.2. The SMILES string of the molecule is C[C@@H](O[Si](C)(C)C(C)(C)C)[C@@H](CC1CCN(C(=O)OC(C)(C)C)CC1)N[S@@](=O)C(C)(C)C. The molecule has 32 heavy (non-hydrogen) atoms. The topological polar surface area (TPSA) is 67.9 Å². The lowest BCUT2D eigenvalue weighted by molar-refractivity contribution is 0.0171. The Morgan fingerprint density at radius 1 is 1.06 bits per heavy atom. The zero-order valence-electron chi connectivity index (χ0n) is 22.8. The molecule has 0 unspecified atom stereocenters. The first-order chi connectivity index (χ1) is 14.2. The fourth-order valence-electron chi connectivity index (χ4n) is 3.41. The van der Waals surface area contributed by atoms with E-state index in [1.54, 1.807) is 0 Å². The van der Waals surface area contributed by atoms with Gasteiger partial charge < -0.3 is 14.1 Å². The van der Waals surface area contributed by atoms with E-state index in [0.717, 1.165) is 19.3 Å². The molecule has 1 aliphatic rings. The molecule has 0 aromatic carbocycles. The Bertz CT molecular complexity index is 642. The maximum Gasteiger partial charge on any atom is 0.410 e. The fourth-order valence-corrected chi connectivity index (χ4v) is 5.77. The molecule has 1 rings (SSSR count). The Morgan fingerprint density at radius 2 is 1.56 bits per heavy atom. The molecule has 1 aliphatic heterocycles. The van der Waals surface area contributed by atoms with Crippen molar-refractivity contribution >= 4 is 25.4 Å². The van der Waals surface area contributed by atoms with Gasteiger partial charge in [0.2, 0.25) is 0 Å². The predicted octanol–water partition coefficient (Wildman–Crippen LogP) is 5.85. The molecule has 0 aromatic heterocycles. The number of nitrogens with one attached hydrogen (secondary N) is 1. The second-order valence-corrected chi connectivity index (χ2v) is 19.6. The lowest BCUT2D eigenvalue weighted by atomic mass is 9.89. The van der Waals surface area contributed by atoms with Crippen LogP contribution in [0.1, 0.15) is 88.5 Å². The van der Waals surface area contributed by atoms with E-state index in [2.05, 4.69) is 45.5 Å². The molecule has 0 aromatic rings. The Kier molecular flexibility index (Phi) is 10.1. The maximum atomic E-state index is 12.9. The summed E-state index contributed by atoms with van der Waals surface area (Å²) in [5.74, 6) is 0.452. The summed E-state index contributed by atoms with van der Waals surface area (Å²) in [4.78, 5) is 14.2. The number of carbonyl (C=O) groups is 1. The van der Waals surface area contributed by atoms with Crippen molar-refractivity contribution in [1.29, 1.82) is 0 Å². The van der Waals surface area contributed by atoms with Crippen molar-refractivity contribution in [3.05, 3.63) is 0 Å². The standard InChI is InChI=1S/C24H50N2O4SSi/c1-18(30-32(11,12)24(8,9)10)20(25-31(28)23(5,6)7)17-19-13-15-26(16-14-19)21(27)29-22(2,3)4/h18-20,25H,13-17H2,1-12H3/t18-,20-,31+/m1/s1. The van der Waals surface area contributed by atoms with Gasteiger partial charge in [-0.25, -0.2) is 13.7 Å². The predicted molar refractivity (Wildman–Crippen MR) is 138 cm³/mol. The van der Waals surface area contributed by atoms with Crippen LogP contribution in [-0.2, 0) is 20.1 Å². The highest BCUT2D eigenvalue weighted by Crippen LogP contribution is 2.38. The van der Waals surface area contributed by atoms with Crippen molar-refractivity contribution < 1.29 is 18.2 Å². The first-order valence-electron chi connectivity index (χ1n) is 12.1. The quantitative estimate of drug-likeness (QED) is 0.454. The monoisotopic (exact) mass is 490 g/mol. The van der Waals surface area contributed by atoms with Crippen LogP contribution in [-0.4, -0.2) is 59.1 Å². The second-order valence-electron chi connectivity index (χ2n) is 12.8. The van der Waals surface area contributed by atoms with Gasteiger partial charge in [-0.1, -0.05) is 20.8 Å². The highest BCUT2D eigenvalue weighted by molar-refractivity contribution is 7.84.